The minimum Gasteiger partial charge on any atom is -0.485 e. The van der Waals surface area contributed by atoms with Gasteiger partial charge in [-0.15, -0.1) is 0 Å². The maximum Gasteiger partial charge on any atom is 0.340 e. The molecule has 612 valence electrons. The van der Waals surface area contributed by atoms with Crippen molar-refractivity contribution in [2.75, 3.05) is 38.6 Å². The first-order valence-electron chi connectivity index (χ1n) is 35.8. The Morgan fingerprint density at radius 3 is 1.13 bits per heavy atom. The number of rotatable bonds is 21. The lowest BCUT2D eigenvalue weighted by molar-refractivity contribution is -0.154. The van der Waals surface area contributed by atoms with Crippen LogP contribution in [0.25, 0.3) is 0 Å². The number of fused-ring (bicyclic) bond motifs is 3. The molecule has 0 saturated carbocycles. The van der Waals surface area contributed by atoms with Gasteiger partial charge in [0.15, 0.2) is 24.8 Å². The molecule has 3 aromatic carbocycles. The Morgan fingerprint density at radius 2 is 0.804 bits per heavy atom. The normalized spacial score (nSPS) is 26.8. The molecule has 0 amide bonds. The maximum absolute atomic E-state index is 15.6. The van der Waals surface area contributed by atoms with E-state index in [9.17, 15) is 71.3 Å². The molecule has 21 nitrogen and oxygen atoms in total. The van der Waals surface area contributed by atoms with Crippen molar-refractivity contribution >= 4 is 75.6 Å². The number of hydrogen-bond acceptors (Lipinski definition) is 21. The Labute approximate surface area is 644 Å². The van der Waals surface area contributed by atoms with Gasteiger partial charge >= 0.3 is 36.6 Å². The summed E-state index contributed by atoms with van der Waals surface area (Å²) in [6.45, 7) is 24.0. The quantitative estimate of drug-likeness (QED) is 0.0298. The van der Waals surface area contributed by atoms with Gasteiger partial charge in [0.2, 0.25) is 0 Å². The lowest BCUT2D eigenvalue weighted by atomic mass is 9.84. The van der Waals surface area contributed by atoms with Crippen LogP contribution in [-0.4, -0.2) is 162 Å². The molecule has 0 unspecified atom stereocenters. The topological polar surface area (TPSA) is 308 Å². The van der Waals surface area contributed by atoms with E-state index < -0.39 is 166 Å². The van der Waals surface area contributed by atoms with Gasteiger partial charge in [0.1, 0.15) is 78.7 Å². The van der Waals surface area contributed by atoms with E-state index in [1.54, 1.807) is 110 Å². The van der Waals surface area contributed by atoms with Crippen LogP contribution in [0, 0.1) is 17.5 Å². The highest BCUT2D eigenvalue weighted by atomic mass is 32.2. The van der Waals surface area contributed by atoms with E-state index in [4.69, 9.17) is 30.9 Å². The van der Waals surface area contributed by atoms with Crippen molar-refractivity contribution in [2.45, 2.75) is 231 Å². The molecule has 0 saturated heterocycles. The summed E-state index contributed by atoms with van der Waals surface area (Å²) < 4.78 is 221. The van der Waals surface area contributed by atoms with Crippen LogP contribution in [0.2, 0.25) is 0 Å². The summed E-state index contributed by atoms with van der Waals surface area (Å²) in [5.74, 6) is -12.7. The summed E-state index contributed by atoms with van der Waals surface area (Å²) in [5, 5.41) is -1.72. The Bertz CT molecular complexity index is 5000. The molecular formula is C77H93F11N10O11S3. The third-order valence-corrected chi connectivity index (χ3v) is 31.9. The van der Waals surface area contributed by atoms with E-state index in [-0.39, 0.29) is 83.4 Å². The number of alkyl halides is 8. The Balaban J connectivity index is 0.000000197. The fourth-order valence-electron chi connectivity index (χ4n) is 14.5. The van der Waals surface area contributed by atoms with Crippen molar-refractivity contribution in [3.63, 3.8) is 0 Å². The first-order chi connectivity index (χ1) is 51.5. The number of hydrogen-bond donors (Lipinski definition) is 2. The number of amidine groups is 1. The van der Waals surface area contributed by atoms with Gasteiger partial charge in [-0.2, -0.15) is 17.6 Å². The molecule has 35 heteroatoms. The van der Waals surface area contributed by atoms with Crippen molar-refractivity contribution < 1.29 is 99.0 Å². The first kappa shape index (κ1) is 87.5. The summed E-state index contributed by atoms with van der Waals surface area (Å²) in [6, 6.07) is 17.3. The van der Waals surface area contributed by atoms with Gasteiger partial charge in [0, 0.05) is 66.3 Å². The summed E-state index contributed by atoms with van der Waals surface area (Å²) >= 11 is 0. The number of Topliss-reactive ketones (excluding diaryl/α,β-unsaturated/α-hetero) is 2. The number of carbonyl (C=O) groups excluding carboxylic acids is 4. The highest BCUT2D eigenvalue weighted by Gasteiger charge is 2.61. The van der Waals surface area contributed by atoms with Crippen molar-refractivity contribution in [1.29, 1.82) is 0 Å². The highest BCUT2D eigenvalue weighted by molar-refractivity contribution is 7.97. The number of anilines is 1. The van der Waals surface area contributed by atoms with Gasteiger partial charge in [-0.3, -0.25) is 34.2 Å². The zero-order valence-corrected chi connectivity index (χ0v) is 67.1. The van der Waals surface area contributed by atoms with E-state index in [1.165, 1.54) is 66.7 Å². The fourth-order valence-corrected chi connectivity index (χ4v) is 24.2. The van der Waals surface area contributed by atoms with Crippen molar-refractivity contribution in [3.8, 4) is 11.5 Å². The second-order valence-electron chi connectivity index (χ2n) is 32.2. The molecule has 112 heavy (non-hydrogen) atoms. The molecule has 0 spiro atoms. The minimum absolute atomic E-state index is 0.0330. The molecule has 2 aromatic heterocycles. The van der Waals surface area contributed by atoms with E-state index in [1.807, 2.05) is 0 Å². The molecule has 4 N–H and O–H groups in total. The van der Waals surface area contributed by atoms with Crippen LogP contribution in [0.5, 0.6) is 11.5 Å². The monoisotopic (exact) mass is 1640 g/mol. The van der Waals surface area contributed by atoms with E-state index in [2.05, 4.69) is 37.5 Å². The van der Waals surface area contributed by atoms with Crippen molar-refractivity contribution in [1.82, 2.24) is 9.97 Å². The number of nitrogens with two attached hydrogens (primary N) is 2. The van der Waals surface area contributed by atoms with Crippen LogP contribution in [0.4, 0.5) is 54.0 Å². The predicted molar refractivity (Wildman–Crippen MR) is 404 cm³/mol. The largest absolute Gasteiger partial charge is 0.485 e. The number of aromatic nitrogens is 2. The smallest absolute Gasteiger partial charge is 0.340 e. The Hall–Kier alpha value is -8.47. The van der Waals surface area contributed by atoms with Gasteiger partial charge < -0.3 is 30.4 Å². The van der Waals surface area contributed by atoms with Gasteiger partial charge in [0.05, 0.1) is 79.7 Å². The molecule has 5 aromatic rings. The van der Waals surface area contributed by atoms with Crippen LogP contribution in [0.15, 0.2) is 119 Å². The summed E-state index contributed by atoms with van der Waals surface area (Å²) in [7, 11) is -8.74. The van der Waals surface area contributed by atoms with E-state index >= 15 is 8.78 Å². The number of carbonyl (C=O) groups is 4. The fraction of sp³-hybridized carbons (Fsp3) is 0.545. The zero-order chi connectivity index (χ0) is 83.5. The molecule has 0 aliphatic carbocycles. The number of nitrogens with zero attached hydrogens (tertiary/aromatic N) is 8. The minimum atomic E-state index is -4.35. The third-order valence-electron chi connectivity index (χ3n) is 20.8. The van der Waals surface area contributed by atoms with Gasteiger partial charge in [-0.25, -0.2) is 66.4 Å². The standard InChI is InChI=1S/C31H36F5N3O5S.C25H27F5N4O3S.C21H30FN3O3S/c1-28(2,3)44-26(41)15-24-29(4,5)45(42)25(11-12-38-45)30(6,39-24)20-13-18(7-9-21(20)32)14-23(40)22-10-8-19(16-37-22)43-17-31(35,36)27(33)34;1-23(2)22(31)34-24(3,20-8-9-33-38(20,23)36)16-10-14(4-6-17(16)26)11-19(35)18-7-5-15(12-32-18)37-13-25(29,30)21(27)28;1-19(2,3)28-18(26)12-16-20(4,5)29(27)17(9-10-24-29)21(6,25-16)14-11-13(23)7-8-15(14)22/h7-10,13,16,25,27H,11-12,14-15,17H2,1-6H3;4-7,10,12,20-21H,8-9,11,13H2,1-3H3,(H2,31,34);7-8,11,17H,9-10,12,23H2,1-6H3/t25-,30+,45+;20-,24+,38+;17-,21+,29+/m000/s1. The number of aliphatic imine (C=N–C) groups is 3. The van der Waals surface area contributed by atoms with Crippen LogP contribution >= 0.6 is 0 Å². The molecule has 0 radical (unpaired) electrons. The predicted octanol–water partition coefficient (Wildman–Crippen LogP) is 14.7. The average Bonchev–Trinajstić information content (AvgIpc) is 1.41. The molecule has 6 aliphatic heterocycles. The summed E-state index contributed by atoms with van der Waals surface area (Å²) in [4.78, 5) is 73.5. The maximum atomic E-state index is 15.6. The van der Waals surface area contributed by atoms with Crippen molar-refractivity contribution in [2.24, 2.45) is 33.8 Å². The molecule has 9 atom stereocenters. The first-order valence-corrected chi connectivity index (χ1v) is 40.6. The van der Waals surface area contributed by atoms with Gasteiger partial charge in [0.25, 0.3) is 0 Å². The third kappa shape index (κ3) is 17.3. The molecule has 11 rings (SSSR count). The molecule has 0 fully saturated rings. The second kappa shape index (κ2) is 31.4. The van der Waals surface area contributed by atoms with Crippen LogP contribution < -0.4 is 20.9 Å². The van der Waals surface area contributed by atoms with Gasteiger partial charge in [-0.05, 0) is 201 Å². The number of halogens is 11. The Kier molecular flexibility index (Phi) is 24.5. The zero-order valence-electron chi connectivity index (χ0n) is 64.6. The van der Waals surface area contributed by atoms with Crippen LogP contribution in [-0.2, 0) is 77.7 Å². The number of ketones is 2. The number of esters is 2. The number of pyridine rings is 2. The second-order valence-corrected chi connectivity index (χ2v) is 41.2. The van der Waals surface area contributed by atoms with E-state index in [0.29, 0.717) is 54.9 Å². The number of nitrogen functional groups attached to an aromatic ring is 1. The SMILES string of the molecule is CC(C)(C)OC(=O)CC1=N[C@](C)(c2cc(CC(=O)c3ccc(OCC(F)(F)C(F)F)cn3)ccc2F)[C@@H]2CCN=[S@]2(=O)C1(C)C.CC(C)(C)OC(=O)CC1=N[C@](C)(c2cc(N)ccc2F)[C@@H]2CCN=[S@]2(=O)C1(C)C.CC1(C)C(N)=N[C@](C)(c2cc(CC(=O)c3ccc(OCC(F)(F)C(F)F)cn3)ccc2F)[C@@H]2CCN=[S@@]21=O. The molecule has 0 bridgehead atoms. The average molecular weight is 1640 g/mol. The van der Waals surface area contributed by atoms with Crippen molar-refractivity contribution in [3.05, 3.63) is 148 Å². The molecule has 6 aliphatic rings. The lowest BCUT2D eigenvalue weighted by Crippen LogP contribution is -2.58. The molecule has 8 heterocycles. The lowest BCUT2D eigenvalue weighted by Gasteiger charge is -2.46. The number of ether oxygens (including phenoxy) is 4. The van der Waals surface area contributed by atoms with E-state index in [0.717, 1.165) is 18.5 Å². The Morgan fingerprint density at radius 1 is 0.473 bits per heavy atom. The van der Waals surface area contributed by atoms with Crippen LogP contribution in [0.1, 0.15) is 185 Å². The highest BCUT2D eigenvalue weighted by Crippen LogP contribution is 2.53. The van der Waals surface area contributed by atoms with Crippen LogP contribution in [0.3, 0.4) is 0 Å². The number of benzene rings is 3. The summed E-state index contributed by atoms with van der Waals surface area (Å²) in [6.07, 6.45) is -5.26. The summed E-state index contributed by atoms with van der Waals surface area (Å²) in [5.41, 5.74) is 9.30. The molecular weight excluding hydrogens is 1550 g/mol. The van der Waals surface area contributed by atoms with Gasteiger partial charge in [-0.1, -0.05) is 12.1 Å².